The van der Waals surface area contributed by atoms with Crippen LogP contribution < -0.4 is 0 Å². The minimum absolute atomic E-state index is 0.114. The second kappa shape index (κ2) is 8.67. The number of nitrogens with zero attached hydrogens (tertiary/aromatic N) is 2. The van der Waals surface area contributed by atoms with Gasteiger partial charge >= 0.3 is 0 Å². The average molecular weight is 511 g/mol. The van der Waals surface area contributed by atoms with E-state index in [1.807, 2.05) is 24.3 Å². The lowest BCUT2D eigenvalue weighted by molar-refractivity contribution is 0.587. The fourth-order valence-corrected chi connectivity index (χ4v) is 5.50. The Morgan fingerprint density at radius 2 is 1.44 bits per heavy atom. The first-order chi connectivity index (χ1) is 18.9. The summed E-state index contributed by atoms with van der Waals surface area (Å²) in [6.07, 6.45) is 0. The van der Waals surface area contributed by atoms with Crippen molar-refractivity contribution >= 4 is 33.0 Å². The van der Waals surface area contributed by atoms with Crippen molar-refractivity contribution in [3.05, 3.63) is 121 Å². The molecule has 3 nitrogen and oxygen atoms in total. The summed E-state index contributed by atoms with van der Waals surface area (Å²) in [5.41, 5.74) is 8.82. The van der Waals surface area contributed by atoms with Gasteiger partial charge in [0.15, 0.2) is 0 Å². The van der Waals surface area contributed by atoms with Gasteiger partial charge in [-0.3, -0.25) is 4.57 Å². The van der Waals surface area contributed by atoms with Crippen molar-refractivity contribution in [1.82, 2.24) is 9.55 Å². The number of hydrogen-bond donors (Lipinski definition) is 0. The minimum Gasteiger partial charge on any atom is -0.456 e. The van der Waals surface area contributed by atoms with Crippen molar-refractivity contribution in [3.63, 3.8) is 0 Å². The topological polar surface area (TPSA) is 31.0 Å². The molecule has 0 aliphatic rings. The first-order valence-corrected chi connectivity index (χ1v) is 13.2. The van der Waals surface area contributed by atoms with Gasteiger partial charge in [0.25, 0.3) is 0 Å². The lowest BCUT2D eigenvalue weighted by Gasteiger charge is -2.25. The van der Waals surface area contributed by atoms with Crippen LogP contribution in [0, 0.1) is 5.82 Å². The molecule has 39 heavy (non-hydrogen) atoms. The number of para-hydroxylation sites is 2. The number of imidazole rings is 1. The van der Waals surface area contributed by atoms with Gasteiger partial charge in [-0.1, -0.05) is 69.3 Å². The molecule has 0 radical (unpaired) electrons. The molecule has 2 heterocycles. The van der Waals surface area contributed by atoms with Gasteiger partial charge in [0.1, 0.15) is 22.8 Å². The highest BCUT2D eigenvalue weighted by Crippen LogP contribution is 2.39. The third kappa shape index (κ3) is 3.91. The van der Waals surface area contributed by atoms with Gasteiger partial charge in [0.05, 0.1) is 16.7 Å². The van der Waals surface area contributed by atoms with E-state index in [0.29, 0.717) is 5.58 Å². The highest BCUT2D eigenvalue weighted by molar-refractivity contribution is 6.06. The van der Waals surface area contributed by atoms with Gasteiger partial charge in [-0.2, -0.15) is 0 Å². The third-order valence-corrected chi connectivity index (χ3v) is 7.40. The number of hydrogen-bond acceptors (Lipinski definition) is 2. The molecule has 2 aromatic heterocycles. The Kier molecular flexibility index (Phi) is 5.21. The van der Waals surface area contributed by atoms with Crippen molar-refractivity contribution in [2.45, 2.75) is 26.2 Å². The molecule has 7 rings (SSSR count). The van der Waals surface area contributed by atoms with Crippen molar-refractivity contribution in [3.8, 4) is 28.2 Å². The highest BCUT2D eigenvalue weighted by Gasteiger charge is 2.24. The fourth-order valence-electron chi connectivity index (χ4n) is 5.50. The van der Waals surface area contributed by atoms with E-state index in [1.54, 1.807) is 6.07 Å². The Morgan fingerprint density at radius 1 is 0.667 bits per heavy atom. The molecule has 0 atom stereocenters. The number of halogens is 1. The van der Waals surface area contributed by atoms with Gasteiger partial charge in [-0.15, -0.1) is 0 Å². The molecular weight excluding hydrogens is 483 g/mol. The number of aromatic nitrogens is 2. The van der Waals surface area contributed by atoms with Gasteiger partial charge in [0.2, 0.25) is 0 Å². The Labute approximate surface area is 226 Å². The van der Waals surface area contributed by atoms with E-state index >= 15 is 0 Å². The number of benzene rings is 5. The largest absolute Gasteiger partial charge is 0.456 e. The Balaban J connectivity index is 1.50. The van der Waals surface area contributed by atoms with E-state index in [0.717, 1.165) is 44.5 Å². The summed E-state index contributed by atoms with van der Waals surface area (Å²) in [5, 5.41) is 1.83. The van der Waals surface area contributed by atoms with Crippen LogP contribution in [0.5, 0.6) is 0 Å². The van der Waals surface area contributed by atoms with Crippen molar-refractivity contribution < 1.29 is 8.81 Å². The Morgan fingerprint density at radius 3 is 2.26 bits per heavy atom. The highest BCUT2D eigenvalue weighted by atomic mass is 19.1. The van der Waals surface area contributed by atoms with Gasteiger partial charge < -0.3 is 4.42 Å². The first-order valence-electron chi connectivity index (χ1n) is 13.2. The molecule has 4 heteroatoms. The SMILES string of the molecule is CC(C)(C)c1cc(-c2ccccc2)ccc1-n1c(-c2ccc3oc4cc(F)ccc4c3c2)nc2ccccc21. The van der Waals surface area contributed by atoms with Crippen LogP contribution in [0.15, 0.2) is 114 Å². The van der Waals surface area contributed by atoms with E-state index in [1.165, 1.54) is 28.8 Å². The van der Waals surface area contributed by atoms with Gasteiger partial charge in [0, 0.05) is 22.4 Å². The predicted molar refractivity (Wildman–Crippen MR) is 158 cm³/mol. The van der Waals surface area contributed by atoms with Crippen molar-refractivity contribution in [2.24, 2.45) is 0 Å². The average Bonchev–Trinajstić information content (AvgIpc) is 3.50. The summed E-state index contributed by atoms with van der Waals surface area (Å²) >= 11 is 0. The number of fused-ring (bicyclic) bond motifs is 4. The second-order valence-corrected chi connectivity index (χ2v) is 11.1. The standard InChI is InChI=1S/C35H27FN2O/c1-35(2,3)28-20-23(22-9-5-4-6-10-22)13-17-30(28)38-31-12-8-7-11-29(31)37-34(38)24-14-18-32-27(19-24)26-16-15-25(36)21-33(26)39-32/h4-21H,1-3H3. The normalized spacial score (nSPS) is 12.1. The van der Waals surface area contributed by atoms with E-state index in [-0.39, 0.29) is 11.2 Å². The Bertz CT molecular complexity index is 2010. The monoisotopic (exact) mass is 510 g/mol. The molecule has 0 fully saturated rings. The maximum atomic E-state index is 13.9. The van der Waals surface area contributed by atoms with Crippen LogP contribution in [-0.2, 0) is 5.41 Å². The molecule has 0 aliphatic carbocycles. The summed E-state index contributed by atoms with van der Waals surface area (Å²) in [5.74, 6) is 0.546. The maximum Gasteiger partial charge on any atom is 0.145 e. The summed E-state index contributed by atoms with van der Waals surface area (Å²) in [7, 11) is 0. The minimum atomic E-state index is -0.308. The molecule has 0 saturated carbocycles. The van der Waals surface area contributed by atoms with E-state index < -0.39 is 0 Å². The second-order valence-electron chi connectivity index (χ2n) is 11.1. The molecule has 0 spiro atoms. The zero-order valence-electron chi connectivity index (χ0n) is 22.1. The quantitative estimate of drug-likeness (QED) is 0.237. The summed E-state index contributed by atoms with van der Waals surface area (Å²) < 4.78 is 22.1. The lowest BCUT2D eigenvalue weighted by Crippen LogP contribution is -2.16. The molecular formula is C35H27FN2O. The number of rotatable bonds is 3. The third-order valence-electron chi connectivity index (χ3n) is 7.40. The molecule has 0 bridgehead atoms. The van der Waals surface area contributed by atoms with Gasteiger partial charge in [-0.25, -0.2) is 9.37 Å². The first kappa shape index (κ1) is 23.4. The van der Waals surface area contributed by atoms with Crippen LogP contribution in [0.25, 0.3) is 61.2 Å². The summed E-state index contributed by atoms with van der Waals surface area (Å²) in [6, 6.07) is 36.3. The van der Waals surface area contributed by atoms with E-state index in [4.69, 9.17) is 9.40 Å². The van der Waals surface area contributed by atoms with Crippen molar-refractivity contribution in [2.75, 3.05) is 0 Å². The van der Waals surface area contributed by atoms with Crippen LogP contribution in [0.1, 0.15) is 26.3 Å². The molecule has 0 amide bonds. The zero-order valence-corrected chi connectivity index (χ0v) is 22.1. The van der Waals surface area contributed by atoms with Crippen LogP contribution in [0.4, 0.5) is 4.39 Å². The fraction of sp³-hybridized carbons (Fsp3) is 0.114. The number of furan rings is 1. The molecule has 0 N–H and O–H groups in total. The molecule has 5 aromatic carbocycles. The van der Waals surface area contributed by atoms with Crippen molar-refractivity contribution in [1.29, 1.82) is 0 Å². The maximum absolute atomic E-state index is 13.9. The Hall–Kier alpha value is -4.70. The molecule has 7 aromatic rings. The zero-order chi connectivity index (χ0) is 26.7. The van der Waals surface area contributed by atoms with Crippen LogP contribution in [-0.4, -0.2) is 9.55 Å². The van der Waals surface area contributed by atoms with Crippen LogP contribution in [0.2, 0.25) is 0 Å². The van der Waals surface area contributed by atoms with Crippen LogP contribution in [0.3, 0.4) is 0 Å². The summed E-state index contributed by atoms with van der Waals surface area (Å²) in [6.45, 7) is 6.76. The molecule has 190 valence electrons. The molecule has 0 saturated heterocycles. The predicted octanol–water partition coefficient (Wildman–Crippen LogP) is 9.70. The van der Waals surface area contributed by atoms with E-state index in [2.05, 4.69) is 92.1 Å². The van der Waals surface area contributed by atoms with Gasteiger partial charge in [-0.05, 0) is 76.7 Å². The van der Waals surface area contributed by atoms with E-state index in [9.17, 15) is 4.39 Å². The molecule has 0 aliphatic heterocycles. The lowest BCUT2D eigenvalue weighted by atomic mass is 9.84. The van der Waals surface area contributed by atoms with Crippen LogP contribution >= 0.6 is 0 Å². The molecule has 0 unspecified atom stereocenters. The summed E-state index contributed by atoms with van der Waals surface area (Å²) in [4.78, 5) is 5.12. The smallest absolute Gasteiger partial charge is 0.145 e.